The molecule has 1 aliphatic carbocycles. The van der Waals surface area contributed by atoms with Crippen LogP contribution < -0.4 is 9.80 Å². The maximum Gasteiger partial charge on any atom is 0.236 e. The Morgan fingerprint density at radius 2 is 1.72 bits per heavy atom. The van der Waals surface area contributed by atoms with E-state index in [9.17, 15) is 9.59 Å². The van der Waals surface area contributed by atoms with Crippen LogP contribution in [0.5, 0.6) is 0 Å². The third kappa shape index (κ3) is 4.81. The van der Waals surface area contributed by atoms with Gasteiger partial charge in [0.1, 0.15) is 6.33 Å². The highest BCUT2D eigenvalue weighted by molar-refractivity contribution is 6.08. The molecular formula is C33H38N8O2. The fourth-order valence-corrected chi connectivity index (χ4v) is 7.41. The summed E-state index contributed by atoms with van der Waals surface area (Å²) in [4.78, 5) is 44.8. The third-order valence-corrected chi connectivity index (χ3v) is 10.1. The van der Waals surface area contributed by atoms with Gasteiger partial charge in [0, 0.05) is 80.4 Å². The van der Waals surface area contributed by atoms with Gasteiger partial charge in [-0.25, -0.2) is 4.98 Å². The van der Waals surface area contributed by atoms with Gasteiger partial charge in [-0.3, -0.25) is 24.2 Å². The van der Waals surface area contributed by atoms with Crippen LogP contribution in [0.3, 0.4) is 0 Å². The number of likely N-dealkylation sites (tertiary alicyclic amines) is 1. The highest BCUT2D eigenvalue weighted by Gasteiger charge is 2.51. The van der Waals surface area contributed by atoms with E-state index in [4.69, 9.17) is 4.99 Å². The van der Waals surface area contributed by atoms with Crippen LogP contribution in [0.1, 0.15) is 36.8 Å². The zero-order chi connectivity index (χ0) is 29.1. The summed E-state index contributed by atoms with van der Waals surface area (Å²) in [5, 5.41) is 4.38. The lowest BCUT2D eigenvalue weighted by Crippen LogP contribution is -2.51. The number of aliphatic imine (C=N–C) groups is 1. The number of aryl methyl sites for hydroxylation is 1. The standard InChI is InChI=1S/C33H38N8O2/c1-37-22-35-31(36-37)24-4-7-26(8-5-24)39-14-16-40(17-15-39)29(42)20-38-12-10-33(21-38)11-13-41(32(33)43)27-9-6-25-19-34-30(23-2-3-23)28(25)18-27/h4-9,18,22-23H,2-3,10-17,19-21H2,1H3/t33-/m0/s1. The number of amides is 2. The number of carbonyl (C=O) groups excluding carboxylic acids is 2. The van der Waals surface area contributed by atoms with Gasteiger partial charge >= 0.3 is 0 Å². The van der Waals surface area contributed by atoms with Crippen molar-refractivity contribution in [3.05, 3.63) is 59.9 Å². The van der Waals surface area contributed by atoms with E-state index in [1.54, 1.807) is 11.0 Å². The van der Waals surface area contributed by atoms with Crippen LogP contribution >= 0.6 is 0 Å². The van der Waals surface area contributed by atoms with Crippen molar-refractivity contribution in [2.45, 2.75) is 32.2 Å². The van der Waals surface area contributed by atoms with Crippen LogP contribution in [0, 0.1) is 11.3 Å². The van der Waals surface area contributed by atoms with Crippen molar-refractivity contribution in [1.82, 2.24) is 24.6 Å². The first-order chi connectivity index (χ1) is 21.0. The van der Waals surface area contributed by atoms with Crippen molar-refractivity contribution < 1.29 is 9.59 Å². The molecule has 3 aromatic rings. The first-order valence-corrected chi connectivity index (χ1v) is 15.7. The van der Waals surface area contributed by atoms with Gasteiger partial charge in [0.2, 0.25) is 11.8 Å². The maximum absolute atomic E-state index is 13.8. The Morgan fingerprint density at radius 3 is 2.47 bits per heavy atom. The number of hydrogen-bond donors (Lipinski definition) is 0. The van der Waals surface area contributed by atoms with E-state index in [1.807, 2.05) is 16.8 Å². The molecule has 8 rings (SSSR count). The van der Waals surface area contributed by atoms with Gasteiger partial charge in [-0.1, -0.05) is 6.07 Å². The van der Waals surface area contributed by atoms with Crippen LogP contribution in [0.15, 0.2) is 53.8 Å². The molecule has 0 radical (unpaired) electrons. The average Bonchev–Trinajstić information content (AvgIpc) is 3.31. The molecule has 0 N–H and O–H groups in total. The summed E-state index contributed by atoms with van der Waals surface area (Å²) in [6.07, 6.45) is 5.85. The van der Waals surface area contributed by atoms with Crippen molar-refractivity contribution in [2.75, 3.05) is 62.2 Å². The molecule has 43 heavy (non-hydrogen) atoms. The molecule has 1 spiro atoms. The van der Waals surface area contributed by atoms with Crippen LogP contribution in [-0.2, 0) is 23.2 Å². The summed E-state index contributed by atoms with van der Waals surface area (Å²) in [6, 6.07) is 14.8. The molecule has 10 nitrogen and oxygen atoms in total. The van der Waals surface area contributed by atoms with Gasteiger partial charge in [0.05, 0.1) is 18.5 Å². The number of piperazine rings is 1. The molecule has 5 heterocycles. The Labute approximate surface area is 252 Å². The Balaban J connectivity index is 0.852. The summed E-state index contributed by atoms with van der Waals surface area (Å²) in [7, 11) is 1.87. The Kier molecular flexibility index (Phi) is 6.36. The summed E-state index contributed by atoms with van der Waals surface area (Å²) in [5.41, 5.74) is 6.57. The molecule has 4 fully saturated rings. The van der Waals surface area contributed by atoms with E-state index in [2.05, 4.69) is 62.3 Å². The second-order valence-electron chi connectivity index (χ2n) is 12.9. The molecule has 1 atom stereocenters. The monoisotopic (exact) mass is 578 g/mol. The van der Waals surface area contributed by atoms with Gasteiger partial charge in [-0.05, 0) is 74.2 Å². The number of fused-ring (bicyclic) bond motifs is 1. The van der Waals surface area contributed by atoms with Crippen molar-refractivity contribution in [1.29, 1.82) is 0 Å². The summed E-state index contributed by atoms with van der Waals surface area (Å²) in [5.74, 6) is 1.73. The summed E-state index contributed by atoms with van der Waals surface area (Å²) in [6.45, 7) is 6.40. The third-order valence-electron chi connectivity index (χ3n) is 10.1. The van der Waals surface area contributed by atoms with Crippen molar-refractivity contribution in [3.8, 4) is 11.4 Å². The molecular weight excluding hydrogens is 540 g/mol. The van der Waals surface area contributed by atoms with Gasteiger partial charge < -0.3 is 14.7 Å². The molecule has 0 bridgehead atoms. The van der Waals surface area contributed by atoms with Crippen molar-refractivity contribution >= 4 is 28.9 Å². The maximum atomic E-state index is 13.8. The second kappa shape index (κ2) is 10.3. The molecule has 2 amide bonds. The highest BCUT2D eigenvalue weighted by Crippen LogP contribution is 2.44. The minimum atomic E-state index is -0.373. The van der Waals surface area contributed by atoms with Gasteiger partial charge in [0.15, 0.2) is 5.82 Å². The molecule has 5 aliphatic rings. The van der Waals surface area contributed by atoms with E-state index in [1.165, 1.54) is 29.7 Å². The second-order valence-corrected chi connectivity index (χ2v) is 12.9. The lowest BCUT2D eigenvalue weighted by molar-refractivity contribution is -0.133. The van der Waals surface area contributed by atoms with Gasteiger partial charge in [-0.2, -0.15) is 5.10 Å². The van der Waals surface area contributed by atoms with E-state index in [0.717, 1.165) is 68.3 Å². The van der Waals surface area contributed by atoms with Crippen LogP contribution in [0.25, 0.3) is 11.4 Å². The molecule has 3 saturated heterocycles. The number of aromatic nitrogens is 3. The average molecular weight is 579 g/mol. The van der Waals surface area contributed by atoms with E-state index >= 15 is 0 Å². The molecule has 0 unspecified atom stereocenters. The van der Waals surface area contributed by atoms with Gasteiger partial charge in [-0.15, -0.1) is 0 Å². The number of rotatable bonds is 6. The van der Waals surface area contributed by atoms with E-state index < -0.39 is 0 Å². The SMILES string of the molecule is Cn1cnc(-c2ccc(N3CCN(C(=O)CN4CC[C@]5(CCN(c6ccc7c(c6)C(C6CC6)=NC7)C5=O)C4)CC3)cc2)n1. The number of benzene rings is 2. The van der Waals surface area contributed by atoms with Crippen LogP contribution in [0.4, 0.5) is 11.4 Å². The van der Waals surface area contributed by atoms with Crippen molar-refractivity contribution in [3.63, 3.8) is 0 Å². The Hall–Kier alpha value is -4.05. The predicted molar refractivity (Wildman–Crippen MR) is 165 cm³/mol. The van der Waals surface area contributed by atoms with Crippen LogP contribution in [-0.4, -0.2) is 94.4 Å². The lowest BCUT2D eigenvalue weighted by Gasteiger charge is -2.37. The highest BCUT2D eigenvalue weighted by atomic mass is 16.2. The fraction of sp³-hybridized carbons (Fsp3) is 0.485. The Bertz CT molecular complexity index is 1600. The molecule has 4 aliphatic heterocycles. The zero-order valence-corrected chi connectivity index (χ0v) is 24.8. The topological polar surface area (TPSA) is 90.2 Å². The van der Waals surface area contributed by atoms with E-state index in [0.29, 0.717) is 32.1 Å². The molecule has 2 aromatic carbocycles. The minimum absolute atomic E-state index is 0.168. The zero-order valence-electron chi connectivity index (χ0n) is 24.8. The lowest BCUT2D eigenvalue weighted by atomic mass is 9.85. The predicted octanol–water partition coefficient (Wildman–Crippen LogP) is 2.97. The molecule has 222 valence electrons. The summed E-state index contributed by atoms with van der Waals surface area (Å²) >= 11 is 0. The quantitative estimate of drug-likeness (QED) is 0.447. The van der Waals surface area contributed by atoms with Gasteiger partial charge in [0.25, 0.3) is 0 Å². The Morgan fingerprint density at radius 1 is 0.953 bits per heavy atom. The summed E-state index contributed by atoms with van der Waals surface area (Å²) < 4.78 is 1.71. The number of nitrogens with zero attached hydrogens (tertiary/aromatic N) is 8. The number of carbonyl (C=O) groups is 2. The normalized spacial score (nSPS) is 23.9. The fourth-order valence-electron chi connectivity index (χ4n) is 7.41. The molecule has 10 heteroatoms. The van der Waals surface area contributed by atoms with E-state index in [-0.39, 0.29) is 17.2 Å². The number of hydrogen-bond acceptors (Lipinski definition) is 7. The number of anilines is 2. The first kappa shape index (κ1) is 26.6. The first-order valence-electron chi connectivity index (χ1n) is 15.7. The van der Waals surface area contributed by atoms with Crippen molar-refractivity contribution in [2.24, 2.45) is 23.4 Å². The molecule has 1 aromatic heterocycles. The largest absolute Gasteiger partial charge is 0.368 e. The molecule has 1 saturated carbocycles. The smallest absolute Gasteiger partial charge is 0.236 e. The minimum Gasteiger partial charge on any atom is -0.368 e. The van der Waals surface area contributed by atoms with Crippen LogP contribution in [0.2, 0.25) is 0 Å².